The van der Waals surface area contributed by atoms with Gasteiger partial charge in [-0.05, 0) is 18.6 Å². The molecule has 1 aromatic rings. The lowest BCUT2D eigenvalue weighted by Gasteiger charge is -1.96. The highest BCUT2D eigenvalue weighted by Gasteiger charge is 2.02. The lowest BCUT2D eigenvalue weighted by molar-refractivity contribution is -0.134. The van der Waals surface area contributed by atoms with Gasteiger partial charge < -0.3 is 10.2 Å². The molecule has 0 saturated heterocycles. The van der Waals surface area contributed by atoms with Crippen molar-refractivity contribution in [2.24, 2.45) is 0 Å². The fourth-order valence-electron chi connectivity index (χ4n) is 0.813. The molecule has 0 heterocycles. The topological polar surface area (TPSA) is 74.6 Å². The van der Waals surface area contributed by atoms with Gasteiger partial charge in [-0.15, -0.1) is 0 Å². The van der Waals surface area contributed by atoms with Gasteiger partial charge >= 0.3 is 5.97 Å². The molecule has 0 spiro atoms. The number of carboxylic acid groups (broad SMARTS) is 2. The normalized spacial score (nSPS) is 7.75. The van der Waals surface area contributed by atoms with E-state index in [0.29, 0.717) is 5.56 Å². The molecular formula is C12H18O4. The number of aliphatic carboxylic acids is 1. The third-order valence-electron chi connectivity index (χ3n) is 1.38. The molecule has 0 aromatic heterocycles. The average Bonchev–Trinajstić information content (AvgIpc) is 2.20. The highest BCUT2D eigenvalue weighted by Crippen LogP contribution is 2.05. The Balaban J connectivity index is 0. The van der Waals surface area contributed by atoms with E-state index >= 15 is 0 Å². The zero-order valence-electron chi connectivity index (χ0n) is 10.0. The standard InChI is InChI=1S/C8H8O2.C2H4O2.C2H6/c1-6-4-2-3-5-7(6)8(9)10;1-2(3)4;1-2/h2-5H,1H3,(H,9,10);1H3,(H,3,4);1-2H3. The molecule has 16 heavy (non-hydrogen) atoms. The Morgan fingerprint density at radius 2 is 1.44 bits per heavy atom. The van der Waals surface area contributed by atoms with Gasteiger partial charge in [-0.1, -0.05) is 32.0 Å². The van der Waals surface area contributed by atoms with Gasteiger partial charge in [0, 0.05) is 6.92 Å². The molecule has 0 saturated carbocycles. The zero-order chi connectivity index (χ0) is 13.1. The first kappa shape index (κ1) is 16.6. The SMILES string of the molecule is CC.CC(=O)O.Cc1ccccc1C(=O)O. The van der Waals surface area contributed by atoms with Crippen molar-refractivity contribution in [3.63, 3.8) is 0 Å². The largest absolute Gasteiger partial charge is 0.481 e. The summed E-state index contributed by atoms with van der Waals surface area (Å²) in [4.78, 5) is 19.4. The van der Waals surface area contributed by atoms with E-state index in [1.165, 1.54) is 0 Å². The van der Waals surface area contributed by atoms with Crippen LogP contribution in [-0.4, -0.2) is 22.2 Å². The molecular weight excluding hydrogens is 208 g/mol. The number of carbonyl (C=O) groups is 2. The lowest BCUT2D eigenvalue weighted by atomic mass is 10.1. The van der Waals surface area contributed by atoms with Crippen LogP contribution in [0.2, 0.25) is 0 Å². The first-order valence-electron chi connectivity index (χ1n) is 4.93. The number of aryl methyl sites for hydroxylation is 1. The zero-order valence-corrected chi connectivity index (χ0v) is 10.0. The summed E-state index contributed by atoms with van der Waals surface area (Å²) in [5.41, 5.74) is 1.18. The van der Waals surface area contributed by atoms with Crippen LogP contribution in [0.5, 0.6) is 0 Å². The first-order chi connectivity index (χ1) is 7.45. The smallest absolute Gasteiger partial charge is 0.335 e. The summed E-state index contributed by atoms with van der Waals surface area (Å²) in [6.07, 6.45) is 0. The minimum atomic E-state index is -0.863. The van der Waals surface area contributed by atoms with E-state index in [0.717, 1.165) is 12.5 Å². The summed E-state index contributed by atoms with van der Waals surface area (Å²) in [6.45, 7) is 6.86. The average molecular weight is 226 g/mol. The molecule has 0 unspecified atom stereocenters. The molecule has 0 atom stereocenters. The third-order valence-corrected chi connectivity index (χ3v) is 1.38. The van der Waals surface area contributed by atoms with Crippen LogP contribution in [0.4, 0.5) is 0 Å². The second-order valence-electron chi connectivity index (χ2n) is 2.64. The minimum Gasteiger partial charge on any atom is -0.481 e. The van der Waals surface area contributed by atoms with Crippen LogP contribution in [0.15, 0.2) is 24.3 Å². The van der Waals surface area contributed by atoms with Crippen molar-refractivity contribution < 1.29 is 19.8 Å². The van der Waals surface area contributed by atoms with Gasteiger partial charge in [0.1, 0.15) is 0 Å². The summed E-state index contributed by atoms with van der Waals surface area (Å²) in [7, 11) is 0. The number of hydrogen-bond donors (Lipinski definition) is 2. The highest BCUT2D eigenvalue weighted by molar-refractivity contribution is 5.89. The molecule has 1 rings (SSSR count). The Hall–Kier alpha value is -1.84. The molecule has 0 radical (unpaired) electrons. The summed E-state index contributed by atoms with van der Waals surface area (Å²) in [6, 6.07) is 6.92. The van der Waals surface area contributed by atoms with Gasteiger partial charge in [-0.2, -0.15) is 0 Å². The molecule has 0 bridgehead atoms. The number of carboxylic acids is 2. The van der Waals surface area contributed by atoms with E-state index in [2.05, 4.69) is 0 Å². The summed E-state index contributed by atoms with van der Waals surface area (Å²) in [5.74, 6) is -1.70. The van der Waals surface area contributed by atoms with Crippen molar-refractivity contribution in [2.75, 3.05) is 0 Å². The number of aromatic carboxylic acids is 1. The van der Waals surface area contributed by atoms with Crippen LogP contribution >= 0.6 is 0 Å². The van der Waals surface area contributed by atoms with E-state index < -0.39 is 11.9 Å². The number of hydrogen-bond acceptors (Lipinski definition) is 2. The van der Waals surface area contributed by atoms with Gasteiger partial charge in [-0.25, -0.2) is 4.79 Å². The number of rotatable bonds is 1. The number of benzene rings is 1. The van der Waals surface area contributed by atoms with Gasteiger partial charge in [-0.3, -0.25) is 4.79 Å². The predicted octanol–water partition coefficient (Wildman–Crippen LogP) is 2.81. The van der Waals surface area contributed by atoms with Gasteiger partial charge in [0.05, 0.1) is 5.56 Å². The van der Waals surface area contributed by atoms with Crippen molar-refractivity contribution in [3.8, 4) is 0 Å². The van der Waals surface area contributed by atoms with Crippen LogP contribution < -0.4 is 0 Å². The second kappa shape index (κ2) is 9.71. The monoisotopic (exact) mass is 226 g/mol. The van der Waals surface area contributed by atoms with E-state index in [9.17, 15) is 4.79 Å². The van der Waals surface area contributed by atoms with Gasteiger partial charge in [0.25, 0.3) is 5.97 Å². The van der Waals surface area contributed by atoms with Gasteiger partial charge in [0.15, 0.2) is 0 Å². The van der Waals surface area contributed by atoms with Crippen LogP contribution in [0, 0.1) is 6.92 Å². The molecule has 0 amide bonds. The van der Waals surface area contributed by atoms with Crippen molar-refractivity contribution in [3.05, 3.63) is 35.4 Å². The summed E-state index contributed by atoms with van der Waals surface area (Å²) in [5, 5.41) is 16.0. The Labute approximate surface area is 95.5 Å². The summed E-state index contributed by atoms with van der Waals surface area (Å²) < 4.78 is 0. The van der Waals surface area contributed by atoms with Crippen molar-refractivity contribution >= 4 is 11.9 Å². The Morgan fingerprint density at radius 1 is 1.06 bits per heavy atom. The molecule has 0 fully saturated rings. The van der Waals surface area contributed by atoms with Crippen molar-refractivity contribution in [1.29, 1.82) is 0 Å². The molecule has 2 N–H and O–H groups in total. The van der Waals surface area contributed by atoms with Crippen LogP contribution in [0.1, 0.15) is 36.7 Å². The fraction of sp³-hybridized carbons (Fsp3) is 0.333. The summed E-state index contributed by atoms with van der Waals surface area (Å²) >= 11 is 0. The van der Waals surface area contributed by atoms with Crippen LogP contribution in [0.3, 0.4) is 0 Å². The van der Waals surface area contributed by atoms with Gasteiger partial charge in [0.2, 0.25) is 0 Å². The van der Waals surface area contributed by atoms with E-state index in [4.69, 9.17) is 15.0 Å². The molecule has 4 nitrogen and oxygen atoms in total. The predicted molar refractivity (Wildman–Crippen MR) is 62.8 cm³/mol. The maximum Gasteiger partial charge on any atom is 0.335 e. The van der Waals surface area contributed by atoms with Crippen LogP contribution in [-0.2, 0) is 4.79 Å². The van der Waals surface area contributed by atoms with Crippen LogP contribution in [0.25, 0.3) is 0 Å². The maximum atomic E-state index is 10.4. The highest BCUT2D eigenvalue weighted by atomic mass is 16.4. The molecule has 0 aliphatic heterocycles. The Kier molecular flexibility index (Phi) is 10.1. The minimum absolute atomic E-state index is 0.377. The van der Waals surface area contributed by atoms with E-state index in [1.807, 2.05) is 19.9 Å². The third kappa shape index (κ3) is 8.74. The van der Waals surface area contributed by atoms with E-state index in [-0.39, 0.29) is 0 Å². The molecule has 0 aliphatic carbocycles. The van der Waals surface area contributed by atoms with Crippen molar-refractivity contribution in [2.45, 2.75) is 27.7 Å². The quantitative estimate of drug-likeness (QED) is 0.772. The fourth-order valence-corrected chi connectivity index (χ4v) is 0.813. The van der Waals surface area contributed by atoms with E-state index in [1.54, 1.807) is 25.1 Å². The molecule has 1 aromatic carbocycles. The Morgan fingerprint density at radius 3 is 1.69 bits per heavy atom. The Bertz CT molecular complexity index is 328. The second-order valence-corrected chi connectivity index (χ2v) is 2.64. The first-order valence-corrected chi connectivity index (χ1v) is 4.93. The molecule has 90 valence electrons. The van der Waals surface area contributed by atoms with Crippen molar-refractivity contribution in [1.82, 2.24) is 0 Å². The molecule has 4 heteroatoms. The molecule has 0 aliphatic rings. The lowest BCUT2D eigenvalue weighted by Crippen LogP contribution is -1.97. The maximum absolute atomic E-state index is 10.4.